The maximum Gasteiger partial charge on any atom is 0.189 e. The Morgan fingerprint density at radius 3 is 0.698 bits per heavy atom. The molecule has 8 aromatic rings. The van der Waals surface area contributed by atoms with Crippen LogP contribution in [-0.4, -0.2) is 81.4 Å². The molecule has 16 heteroatoms. The average Bonchev–Trinajstić information content (AvgIpc) is 0.840. The van der Waals surface area contributed by atoms with E-state index in [0.29, 0.717) is 56.5 Å². The van der Waals surface area contributed by atoms with E-state index in [0.717, 1.165) is 106 Å². The van der Waals surface area contributed by atoms with Crippen LogP contribution in [0.25, 0.3) is 0 Å². The second-order valence-corrected chi connectivity index (χ2v) is 51.8. The Morgan fingerprint density at radius 1 is 0.318 bits per heavy atom. The lowest BCUT2D eigenvalue weighted by molar-refractivity contribution is -0.198. The molecular weight excluding hydrogens is 1740 g/mol. The zero-order valence-corrected chi connectivity index (χ0v) is 93.5. The van der Waals surface area contributed by atoms with Gasteiger partial charge in [0.2, 0.25) is 0 Å². The van der Waals surface area contributed by atoms with Gasteiger partial charge < -0.3 is 29.9 Å². The number of rotatable bonds is 10. The van der Waals surface area contributed by atoms with Crippen LogP contribution in [0.2, 0.25) is 0 Å². The van der Waals surface area contributed by atoms with Crippen molar-refractivity contribution in [3.8, 4) is 0 Å². The topological polar surface area (TPSA) is 134 Å². The minimum Gasteiger partial charge on any atom is -0.396 e. The molecule has 0 aromatic heterocycles. The third-order valence-corrected chi connectivity index (χ3v) is 19.6. The number of aliphatic hydroxyl groups excluding tert-OH is 2. The molecule has 16 rings (SSSR count). The highest BCUT2D eigenvalue weighted by molar-refractivity contribution is 8.77. The maximum atomic E-state index is 10.7. The molecule has 0 amide bonds. The molecule has 8 heterocycles. The summed E-state index contributed by atoms with van der Waals surface area (Å²) in [7, 11) is 7.28. The van der Waals surface area contributed by atoms with Gasteiger partial charge in [0.1, 0.15) is 0 Å². The van der Waals surface area contributed by atoms with Gasteiger partial charge in [-0.2, -0.15) is 25.3 Å². The van der Waals surface area contributed by atoms with Crippen molar-refractivity contribution < 1.29 is 39.5 Å². The van der Waals surface area contributed by atoms with E-state index >= 15 is 0 Å². The second-order valence-electron chi connectivity index (χ2n) is 44.9. The Hall–Kier alpha value is -4.34. The summed E-state index contributed by atoms with van der Waals surface area (Å²) in [6.45, 7) is 78.0. The van der Waals surface area contributed by atoms with Crippen LogP contribution in [0.3, 0.4) is 0 Å². The van der Waals surface area contributed by atoms with Gasteiger partial charge in [-0.15, -0.1) is 25.3 Å². The van der Waals surface area contributed by atoms with Gasteiger partial charge in [0.15, 0.2) is 23.1 Å². The fraction of sp³-hybridized carbons (Fsp3) is 0.558. The summed E-state index contributed by atoms with van der Waals surface area (Å²) < 4.78 is 11.4. The summed E-state index contributed by atoms with van der Waals surface area (Å²) in [5, 5.41) is 38.4. The van der Waals surface area contributed by atoms with Crippen LogP contribution in [0.4, 0.5) is 0 Å². The zero-order chi connectivity index (χ0) is 99.6. The van der Waals surface area contributed by atoms with E-state index in [4.69, 9.17) is 19.7 Å². The molecule has 0 saturated heterocycles. The van der Waals surface area contributed by atoms with Crippen molar-refractivity contribution in [2.24, 2.45) is 43.3 Å². The van der Waals surface area contributed by atoms with Crippen molar-refractivity contribution in [1.82, 2.24) is 0 Å². The number of Topliss-reactive ketones (excluding diaryl/α,β-unsaturated/α-hetero) is 2. The van der Waals surface area contributed by atoms with Gasteiger partial charge in [0, 0.05) is 66.6 Å². The minimum absolute atomic E-state index is 0. The lowest BCUT2D eigenvalue weighted by atomic mass is 10.0. The zero-order valence-electron chi connectivity index (χ0n) is 86.6. The number of ether oxygens (including phenoxy) is 2. The van der Waals surface area contributed by atoms with Crippen LogP contribution in [0.5, 0.6) is 0 Å². The Kier molecular flexibility index (Phi) is 71.7. The van der Waals surface area contributed by atoms with Crippen molar-refractivity contribution in [3.05, 3.63) is 261 Å². The predicted molar refractivity (Wildman–Crippen MR) is 593 cm³/mol. The molecule has 2 atom stereocenters. The number of thiol groups is 4. The highest BCUT2D eigenvalue weighted by atomic mass is 33.1. The molecule has 8 aromatic carbocycles. The Balaban J connectivity index is -0.000000446. The van der Waals surface area contributed by atoms with Crippen LogP contribution in [0.1, 0.15) is 333 Å². The number of aryl methyl sites for hydroxylation is 4. The van der Waals surface area contributed by atoms with E-state index in [9.17, 15) is 19.8 Å². The summed E-state index contributed by atoms with van der Waals surface area (Å²) in [5.41, 5.74) is 17.3. The molecule has 8 aliphatic heterocycles. The largest absolute Gasteiger partial charge is 0.396 e. The van der Waals surface area contributed by atoms with Crippen LogP contribution in [-0.2, 0) is 72.4 Å². The number of benzene rings is 8. The molecular formula is C113H184O8S8. The first kappa shape index (κ1) is 133. The molecule has 129 heavy (non-hydrogen) atoms. The molecule has 0 radical (unpaired) electrons. The van der Waals surface area contributed by atoms with Crippen LogP contribution >= 0.6 is 93.7 Å². The van der Waals surface area contributed by atoms with Crippen LogP contribution in [0.15, 0.2) is 214 Å². The Morgan fingerprint density at radius 2 is 0.512 bits per heavy atom. The van der Waals surface area contributed by atoms with Crippen molar-refractivity contribution in [3.63, 3.8) is 0 Å². The highest BCUT2D eigenvalue weighted by Crippen LogP contribution is 2.36. The second kappa shape index (κ2) is 69.5. The maximum absolute atomic E-state index is 10.7. The number of ketones is 2. The first-order valence-electron chi connectivity index (χ1n) is 45.3. The van der Waals surface area contributed by atoms with Gasteiger partial charge in [-0.1, -0.05) is 418 Å². The smallest absolute Gasteiger partial charge is 0.189 e. The normalized spacial score (nSPS) is 14.9. The molecule has 2 unspecified atom stereocenters. The summed E-state index contributed by atoms with van der Waals surface area (Å²) in [4.78, 5) is 25.6. The Labute approximate surface area is 830 Å². The first-order chi connectivity index (χ1) is 58.4. The van der Waals surface area contributed by atoms with Crippen molar-refractivity contribution in [1.29, 1.82) is 0 Å². The van der Waals surface area contributed by atoms with E-state index in [1.165, 1.54) is 54.3 Å². The number of carbonyl (C=O) groups is 2. The predicted octanol–water partition coefficient (Wildman–Crippen LogP) is 33.6. The van der Waals surface area contributed by atoms with Gasteiger partial charge in [0.05, 0.1) is 13.2 Å². The summed E-state index contributed by atoms with van der Waals surface area (Å²) in [6.07, 6.45) is 7.31. The number of hydrogen-bond donors (Lipinski definition) is 8. The molecule has 0 saturated carbocycles. The summed E-state index contributed by atoms with van der Waals surface area (Å²) in [6, 6.07) is 64.3. The SMILES string of the molecule is C.CC(=O)c1ccc(S)cc1.CC(=O)c1ccc(S)cc1.CC(C)(C)C.CC(C)(C)C.CC(C)(C)C.CC(C)(C)C.CC(C)(C)C.CC(C)(C)C.CC(C)(C)C.CC(C)(C)C.CC1(O)OCCc2ccc(cc2)CCSSc2ccc1cc2.CC1(O)OCCc2ccc(cc2)CCSSc2ccc1cc2.OCCc1ccc(CCS)cc1.OCCc1ccc(CCS)cc1. The highest BCUT2D eigenvalue weighted by Gasteiger charge is 2.25. The monoisotopic (exact) mass is 1930 g/mol. The molecule has 0 fully saturated rings. The number of carbonyl (C=O) groups excluding carboxylic acids is 2. The fourth-order valence-corrected chi connectivity index (χ4v) is 13.3. The number of hydrogen-bond acceptors (Lipinski definition) is 16. The molecule has 8 bridgehead atoms. The van der Waals surface area contributed by atoms with Crippen LogP contribution < -0.4 is 0 Å². The molecule has 732 valence electrons. The fourth-order valence-electron chi connectivity index (χ4n) is 8.48. The van der Waals surface area contributed by atoms with E-state index in [1.54, 1.807) is 97.8 Å². The quantitative estimate of drug-likeness (QED) is 0.0377. The van der Waals surface area contributed by atoms with Gasteiger partial charge >= 0.3 is 0 Å². The first-order valence-corrected chi connectivity index (χ1v) is 52.1. The molecule has 4 N–H and O–H groups in total. The van der Waals surface area contributed by atoms with Gasteiger partial charge in [-0.3, -0.25) is 9.59 Å². The lowest BCUT2D eigenvalue weighted by Crippen LogP contribution is -2.26. The van der Waals surface area contributed by atoms with Gasteiger partial charge in [-0.05, 0) is 227 Å². The molecule has 0 aliphatic carbocycles. The molecule has 8 aliphatic rings. The lowest BCUT2D eigenvalue weighted by Gasteiger charge is -2.24. The van der Waals surface area contributed by atoms with Crippen molar-refractivity contribution in [2.45, 2.75) is 339 Å². The number of aliphatic hydroxyl groups is 4. The molecule has 8 nitrogen and oxygen atoms in total. The van der Waals surface area contributed by atoms with Crippen molar-refractivity contribution >= 4 is 105 Å². The standard InChI is InChI=1S/2C18H20O2S2.2C10H14OS.2C8H8OS.8C5H12.CH4/c2*1-18(19)16-6-8-17(9-7-16)22-21-13-11-15-4-2-14(3-5-15)10-12-20-18;2*11-7-5-9-1-3-10(4-2-9)6-8-12;2*1-6(9)7-2-4-8(10)5-3-7;8*1-5(2,3)4;/h2*2-9,19H,10-13H2,1H3;2*1-4,11-12H,5-8H2;2*2-5,10H,1H3;8*1-4H3;1H4. The van der Waals surface area contributed by atoms with E-state index < -0.39 is 11.6 Å². The summed E-state index contributed by atoms with van der Waals surface area (Å²) >= 11 is 16.5. The van der Waals surface area contributed by atoms with E-state index in [1.807, 2.05) is 70.1 Å². The van der Waals surface area contributed by atoms with Crippen LogP contribution in [0, 0.1) is 43.3 Å². The van der Waals surface area contributed by atoms with E-state index in [-0.39, 0.29) is 32.2 Å². The summed E-state index contributed by atoms with van der Waals surface area (Å²) in [5.74, 6) is 1.65. The minimum atomic E-state index is -1.24. The molecule has 0 spiro atoms. The Bertz CT molecular complexity index is 3590. The average molecular weight is 1930 g/mol. The van der Waals surface area contributed by atoms with Gasteiger partial charge in [0.25, 0.3) is 0 Å². The third-order valence-electron chi connectivity index (χ3n) is 13.8. The van der Waals surface area contributed by atoms with Crippen molar-refractivity contribution in [2.75, 3.05) is 49.4 Å². The third kappa shape index (κ3) is 99.5. The van der Waals surface area contributed by atoms with E-state index in [2.05, 4.69) is 369 Å². The van der Waals surface area contributed by atoms with Gasteiger partial charge in [-0.25, -0.2) is 0 Å².